The number of carboxylic acids is 1. The van der Waals surface area contributed by atoms with Gasteiger partial charge < -0.3 is 14.3 Å². The molecule has 1 heterocycles. The highest BCUT2D eigenvalue weighted by atomic mass is 16.5. The number of aliphatic carboxylic acids is 1. The van der Waals surface area contributed by atoms with Gasteiger partial charge in [0.1, 0.15) is 11.4 Å². The Hall–Kier alpha value is -3.86. The van der Waals surface area contributed by atoms with Crippen LogP contribution in [0.1, 0.15) is 36.6 Å². The summed E-state index contributed by atoms with van der Waals surface area (Å²) in [6.45, 7) is -0.337. The van der Waals surface area contributed by atoms with Crippen LogP contribution in [0.2, 0.25) is 0 Å². The van der Waals surface area contributed by atoms with E-state index in [1.807, 2.05) is 48.5 Å². The van der Waals surface area contributed by atoms with Crippen LogP contribution in [-0.2, 0) is 11.2 Å². The number of aromatic nitrogens is 1. The molecule has 1 aliphatic rings. The first kappa shape index (κ1) is 22.0. The number of ether oxygens (including phenoxy) is 1. The molecule has 1 saturated carbocycles. The lowest BCUT2D eigenvalue weighted by atomic mass is 9.89. The summed E-state index contributed by atoms with van der Waals surface area (Å²) in [6.07, 6.45) is 4.16. The molecule has 3 aromatic carbocycles. The largest absolute Gasteiger partial charge is 0.482 e. The molecule has 5 heteroatoms. The number of carbonyl (C=O) groups is 1. The molecule has 0 amide bonds. The first-order valence-corrected chi connectivity index (χ1v) is 11.7. The zero-order valence-electron chi connectivity index (χ0n) is 18.9. The predicted molar refractivity (Wildman–Crippen MR) is 131 cm³/mol. The highest BCUT2D eigenvalue weighted by molar-refractivity contribution is 5.76. The molecule has 5 rings (SSSR count). The van der Waals surface area contributed by atoms with Gasteiger partial charge in [-0.2, -0.15) is 0 Å². The molecule has 0 unspecified atom stereocenters. The van der Waals surface area contributed by atoms with Crippen molar-refractivity contribution in [1.29, 1.82) is 0 Å². The average Bonchev–Trinajstić information content (AvgIpc) is 3.51. The highest BCUT2D eigenvalue weighted by Crippen LogP contribution is 2.44. The molecule has 0 aliphatic heterocycles. The summed E-state index contributed by atoms with van der Waals surface area (Å²) in [7, 11) is 0. The SMILES string of the molecule is O=C(O)COc1cccc(C[C@@H]2CCC[C@@H]2c2nc(-c3ccccc3)c(-c3ccccc3)o2)c1. The molecule has 0 spiro atoms. The third-order valence-corrected chi connectivity index (χ3v) is 6.46. The van der Waals surface area contributed by atoms with Crippen LogP contribution < -0.4 is 4.74 Å². The summed E-state index contributed by atoms with van der Waals surface area (Å²) in [5, 5.41) is 8.88. The number of rotatable bonds is 8. The second-order valence-electron chi connectivity index (χ2n) is 8.79. The van der Waals surface area contributed by atoms with E-state index >= 15 is 0 Å². The van der Waals surface area contributed by atoms with E-state index in [-0.39, 0.29) is 12.5 Å². The van der Waals surface area contributed by atoms with Crippen LogP contribution in [0.25, 0.3) is 22.6 Å². The molecule has 0 bridgehead atoms. The monoisotopic (exact) mass is 453 g/mol. The minimum Gasteiger partial charge on any atom is -0.482 e. The van der Waals surface area contributed by atoms with E-state index < -0.39 is 5.97 Å². The highest BCUT2D eigenvalue weighted by Gasteiger charge is 2.33. The molecule has 4 aromatic rings. The summed E-state index contributed by atoms with van der Waals surface area (Å²) < 4.78 is 11.9. The number of benzene rings is 3. The van der Waals surface area contributed by atoms with Crippen LogP contribution in [0.15, 0.2) is 89.3 Å². The molecule has 1 fully saturated rings. The van der Waals surface area contributed by atoms with Crippen LogP contribution in [0.4, 0.5) is 0 Å². The first-order valence-electron chi connectivity index (χ1n) is 11.7. The van der Waals surface area contributed by atoms with Crippen molar-refractivity contribution >= 4 is 5.97 Å². The minimum absolute atomic E-state index is 0.239. The molecule has 2 atom stereocenters. The van der Waals surface area contributed by atoms with E-state index in [1.54, 1.807) is 6.07 Å². The Kier molecular flexibility index (Phi) is 6.43. The zero-order chi connectivity index (χ0) is 23.3. The fraction of sp³-hybridized carbons (Fsp3) is 0.241. The average molecular weight is 454 g/mol. The first-order chi connectivity index (χ1) is 16.7. The third-order valence-electron chi connectivity index (χ3n) is 6.46. The Morgan fingerprint density at radius 2 is 1.68 bits per heavy atom. The fourth-order valence-electron chi connectivity index (χ4n) is 4.89. The van der Waals surface area contributed by atoms with Crippen molar-refractivity contribution in [2.24, 2.45) is 5.92 Å². The molecule has 0 radical (unpaired) electrons. The number of hydrogen-bond acceptors (Lipinski definition) is 4. The van der Waals surface area contributed by atoms with Crippen molar-refractivity contribution in [3.8, 4) is 28.3 Å². The van der Waals surface area contributed by atoms with Crippen molar-refractivity contribution in [3.05, 3.63) is 96.4 Å². The molecular formula is C29H27NO4. The van der Waals surface area contributed by atoms with Gasteiger partial charge in [0.25, 0.3) is 0 Å². The van der Waals surface area contributed by atoms with Gasteiger partial charge in [0.2, 0.25) is 0 Å². The Balaban J connectivity index is 1.43. The standard InChI is InChI=1S/C29H27NO4/c31-26(32)19-33-24-15-7-9-20(18-24)17-23-14-8-16-25(23)29-30-27(21-10-3-1-4-11-21)28(34-29)22-12-5-2-6-13-22/h1-7,9-13,15,18,23,25H,8,14,16-17,19H2,(H,31,32)/t23-,25-/m0/s1. The van der Waals surface area contributed by atoms with E-state index in [1.165, 1.54) is 0 Å². The van der Waals surface area contributed by atoms with Gasteiger partial charge in [0.05, 0.1) is 0 Å². The number of carboxylic acid groups (broad SMARTS) is 1. The summed E-state index contributed by atoms with van der Waals surface area (Å²) >= 11 is 0. The van der Waals surface area contributed by atoms with E-state index in [4.69, 9.17) is 19.2 Å². The number of oxazole rings is 1. The topological polar surface area (TPSA) is 72.6 Å². The van der Waals surface area contributed by atoms with Crippen LogP contribution in [0, 0.1) is 5.92 Å². The second kappa shape index (κ2) is 9.96. The van der Waals surface area contributed by atoms with Gasteiger partial charge in [0, 0.05) is 17.0 Å². The van der Waals surface area contributed by atoms with E-state index in [9.17, 15) is 4.79 Å². The lowest BCUT2D eigenvalue weighted by molar-refractivity contribution is -0.139. The fourth-order valence-corrected chi connectivity index (χ4v) is 4.89. The Labute approximate surface area is 199 Å². The molecular weight excluding hydrogens is 426 g/mol. The summed E-state index contributed by atoms with van der Waals surface area (Å²) in [5.74, 6) is 1.87. The van der Waals surface area contributed by atoms with Gasteiger partial charge in [0.15, 0.2) is 18.3 Å². The number of hydrogen-bond donors (Lipinski definition) is 1. The summed E-state index contributed by atoms with van der Waals surface area (Å²) in [6, 6.07) is 28.1. The molecule has 1 aromatic heterocycles. The minimum atomic E-state index is -0.978. The molecule has 0 saturated heterocycles. The lowest BCUT2D eigenvalue weighted by Gasteiger charge is -2.17. The van der Waals surface area contributed by atoms with Gasteiger partial charge in [-0.15, -0.1) is 0 Å². The van der Waals surface area contributed by atoms with Crippen molar-refractivity contribution in [1.82, 2.24) is 4.98 Å². The zero-order valence-corrected chi connectivity index (χ0v) is 18.9. The quantitative estimate of drug-likeness (QED) is 0.325. The Morgan fingerprint density at radius 3 is 2.41 bits per heavy atom. The van der Waals surface area contributed by atoms with Crippen LogP contribution in [0.5, 0.6) is 5.75 Å². The van der Waals surface area contributed by atoms with Gasteiger partial charge in [-0.3, -0.25) is 0 Å². The smallest absolute Gasteiger partial charge is 0.341 e. The normalized spacial score (nSPS) is 17.5. The van der Waals surface area contributed by atoms with Crippen LogP contribution in [0.3, 0.4) is 0 Å². The van der Waals surface area contributed by atoms with Gasteiger partial charge in [-0.1, -0.05) is 79.2 Å². The van der Waals surface area contributed by atoms with Crippen molar-refractivity contribution in [2.45, 2.75) is 31.6 Å². The Bertz CT molecular complexity index is 1190. The maximum atomic E-state index is 10.8. The van der Waals surface area contributed by atoms with Gasteiger partial charge in [-0.05, 0) is 42.9 Å². The molecule has 172 valence electrons. The summed E-state index contributed by atoms with van der Waals surface area (Å²) in [5.41, 5.74) is 4.10. The van der Waals surface area contributed by atoms with Crippen LogP contribution >= 0.6 is 0 Å². The Morgan fingerprint density at radius 1 is 0.941 bits per heavy atom. The molecule has 5 nitrogen and oxygen atoms in total. The predicted octanol–water partition coefficient (Wildman–Crippen LogP) is 6.60. The molecule has 1 N–H and O–H groups in total. The van der Waals surface area contributed by atoms with Gasteiger partial charge in [-0.25, -0.2) is 9.78 Å². The van der Waals surface area contributed by atoms with Crippen molar-refractivity contribution in [2.75, 3.05) is 6.61 Å². The lowest BCUT2D eigenvalue weighted by Crippen LogP contribution is -2.11. The van der Waals surface area contributed by atoms with E-state index in [2.05, 4.69) is 30.3 Å². The van der Waals surface area contributed by atoms with Crippen LogP contribution in [-0.4, -0.2) is 22.7 Å². The van der Waals surface area contributed by atoms with Crippen molar-refractivity contribution in [3.63, 3.8) is 0 Å². The van der Waals surface area contributed by atoms with E-state index in [0.29, 0.717) is 11.7 Å². The molecule has 1 aliphatic carbocycles. The second-order valence-corrected chi connectivity index (χ2v) is 8.79. The third kappa shape index (κ3) is 4.88. The maximum Gasteiger partial charge on any atom is 0.341 e. The van der Waals surface area contributed by atoms with E-state index in [0.717, 1.165) is 59.7 Å². The maximum absolute atomic E-state index is 10.8. The molecule has 34 heavy (non-hydrogen) atoms. The van der Waals surface area contributed by atoms with Gasteiger partial charge >= 0.3 is 5.97 Å². The van der Waals surface area contributed by atoms with Crippen molar-refractivity contribution < 1.29 is 19.1 Å². The number of nitrogens with zero attached hydrogens (tertiary/aromatic N) is 1. The summed E-state index contributed by atoms with van der Waals surface area (Å²) in [4.78, 5) is 15.9.